The van der Waals surface area contributed by atoms with E-state index in [1.807, 2.05) is 26.1 Å². The van der Waals surface area contributed by atoms with Crippen molar-refractivity contribution in [2.45, 2.75) is 20.1 Å². The fourth-order valence-corrected chi connectivity index (χ4v) is 1.43. The smallest absolute Gasteiger partial charge is 0.317 e. The Morgan fingerprint density at radius 1 is 1.47 bits per heavy atom. The van der Waals surface area contributed by atoms with E-state index in [0.29, 0.717) is 12.6 Å². The third kappa shape index (κ3) is 3.04. The van der Waals surface area contributed by atoms with E-state index in [2.05, 4.69) is 15.3 Å². The molecule has 5 nitrogen and oxygen atoms in total. The third-order valence-electron chi connectivity index (χ3n) is 2.35. The van der Waals surface area contributed by atoms with Gasteiger partial charge in [0.25, 0.3) is 0 Å². The first-order valence-electron chi connectivity index (χ1n) is 5.42. The van der Waals surface area contributed by atoms with Crippen LogP contribution in [0.15, 0.2) is 29.0 Å². The van der Waals surface area contributed by atoms with Gasteiger partial charge in [0.15, 0.2) is 0 Å². The molecule has 0 saturated carbocycles. The van der Waals surface area contributed by atoms with E-state index in [9.17, 15) is 0 Å². The first-order chi connectivity index (χ1) is 8.29. The predicted octanol–water partition coefficient (Wildman–Crippen LogP) is 1.68. The van der Waals surface area contributed by atoms with Crippen molar-refractivity contribution in [1.82, 2.24) is 15.3 Å². The van der Waals surface area contributed by atoms with Crippen molar-refractivity contribution < 1.29 is 9.15 Å². The Hall–Kier alpha value is -1.88. The number of ether oxygens (including phenoxy) is 1. The molecule has 0 atom stereocenters. The zero-order valence-corrected chi connectivity index (χ0v) is 9.93. The Balaban J connectivity index is 2.00. The predicted molar refractivity (Wildman–Crippen MR) is 62.6 cm³/mol. The van der Waals surface area contributed by atoms with Crippen LogP contribution in [0.25, 0.3) is 0 Å². The van der Waals surface area contributed by atoms with Gasteiger partial charge in [-0.05, 0) is 26.1 Å². The molecule has 0 fully saturated rings. The maximum Gasteiger partial charge on any atom is 0.317 e. The van der Waals surface area contributed by atoms with Crippen LogP contribution in [-0.2, 0) is 13.2 Å². The van der Waals surface area contributed by atoms with Gasteiger partial charge in [0.1, 0.15) is 12.4 Å². The zero-order valence-electron chi connectivity index (χ0n) is 9.93. The van der Waals surface area contributed by atoms with Crippen LogP contribution in [0.2, 0.25) is 0 Å². The molecule has 1 N–H and O–H groups in total. The van der Waals surface area contributed by atoms with Gasteiger partial charge in [0.2, 0.25) is 0 Å². The highest BCUT2D eigenvalue weighted by Crippen LogP contribution is 2.10. The molecule has 0 aromatic carbocycles. The van der Waals surface area contributed by atoms with Gasteiger partial charge in [-0.3, -0.25) is 0 Å². The van der Waals surface area contributed by atoms with Crippen LogP contribution >= 0.6 is 0 Å². The molecule has 5 heteroatoms. The van der Waals surface area contributed by atoms with E-state index in [1.165, 1.54) is 0 Å². The quantitative estimate of drug-likeness (QED) is 0.851. The van der Waals surface area contributed by atoms with Gasteiger partial charge in [-0.25, -0.2) is 9.97 Å². The Labute approximate surface area is 99.8 Å². The fourth-order valence-electron chi connectivity index (χ4n) is 1.43. The molecule has 2 rings (SSSR count). The lowest BCUT2D eigenvalue weighted by Gasteiger charge is -2.06. The molecule has 0 unspecified atom stereocenters. The van der Waals surface area contributed by atoms with E-state index in [4.69, 9.17) is 9.15 Å². The van der Waals surface area contributed by atoms with Gasteiger partial charge in [-0.2, -0.15) is 0 Å². The van der Waals surface area contributed by atoms with Crippen molar-refractivity contribution in [2.24, 2.45) is 0 Å². The van der Waals surface area contributed by atoms with Crippen LogP contribution in [0.4, 0.5) is 0 Å². The summed E-state index contributed by atoms with van der Waals surface area (Å²) in [4.78, 5) is 8.42. The molecule has 2 aromatic heterocycles. The molecule has 2 aromatic rings. The Morgan fingerprint density at radius 2 is 2.35 bits per heavy atom. The molecule has 0 bridgehead atoms. The molecule has 0 aliphatic rings. The van der Waals surface area contributed by atoms with Crippen LogP contribution < -0.4 is 10.1 Å². The number of aryl methyl sites for hydroxylation is 1. The van der Waals surface area contributed by atoms with Gasteiger partial charge in [0, 0.05) is 24.0 Å². The maximum absolute atomic E-state index is 5.43. The largest absolute Gasteiger partial charge is 0.466 e. The molecule has 0 aliphatic carbocycles. The fraction of sp³-hybridized carbons (Fsp3) is 0.333. The van der Waals surface area contributed by atoms with E-state index in [-0.39, 0.29) is 0 Å². The van der Waals surface area contributed by atoms with Crippen molar-refractivity contribution >= 4 is 0 Å². The third-order valence-corrected chi connectivity index (χ3v) is 2.35. The highest BCUT2D eigenvalue weighted by atomic mass is 16.5. The molecule has 0 radical (unpaired) electrons. The average Bonchev–Trinajstić information content (AvgIpc) is 2.83. The van der Waals surface area contributed by atoms with Gasteiger partial charge in [-0.1, -0.05) is 0 Å². The molecular weight excluding hydrogens is 218 g/mol. The number of hydrogen-bond acceptors (Lipinski definition) is 5. The minimum absolute atomic E-state index is 0.345. The van der Waals surface area contributed by atoms with Gasteiger partial charge >= 0.3 is 6.01 Å². The topological polar surface area (TPSA) is 60.2 Å². The molecule has 0 spiro atoms. The molecular formula is C12H15N3O2. The molecule has 0 saturated heterocycles. The average molecular weight is 233 g/mol. The SMILES string of the molecule is CNCc1cnc(OCc2ccco2)nc1C. The standard InChI is InChI=1S/C12H15N3O2/c1-9-10(6-13-2)7-14-12(15-9)17-8-11-4-3-5-16-11/h3-5,7,13H,6,8H2,1-2H3. The van der Waals surface area contributed by atoms with E-state index in [0.717, 1.165) is 23.6 Å². The van der Waals surface area contributed by atoms with Gasteiger partial charge < -0.3 is 14.5 Å². The number of rotatable bonds is 5. The second-order valence-corrected chi connectivity index (χ2v) is 3.66. The Kier molecular flexibility index (Phi) is 3.72. The number of aromatic nitrogens is 2. The molecule has 0 amide bonds. The summed E-state index contributed by atoms with van der Waals surface area (Å²) in [6.07, 6.45) is 3.39. The monoisotopic (exact) mass is 233 g/mol. The van der Waals surface area contributed by atoms with Crippen molar-refractivity contribution in [3.8, 4) is 6.01 Å². The Bertz CT molecular complexity index is 469. The normalized spacial score (nSPS) is 10.5. The summed E-state index contributed by atoms with van der Waals surface area (Å²) in [5.74, 6) is 0.755. The van der Waals surface area contributed by atoms with E-state index < -0.39 is 0 Å². The van der Waals surface area contributed by atoms with Crippen LogP contribution in [0.1, 0.15) is 17.0 Å². The summed E-state index contributed by atoms with van der Waals surface area (Å²) in [5, 5.41) is 3.06. The maximum atomic E-state index is 5.43. The zero-order chi connectivity index (χ0) is 12.1. The lowest BCUT2D eigenvalue weighted by molar-refractivity contribution is 0.249. The summed E-state index contributed by atoms with van der Waals surface area (Å²) in [6, 6.07) is 4.04. The van der Waals surface area contributed by atoms with E-state index in [1.54, 1.807) is 12.5 Å². The number of nitrogens with zero attached hydrogens (tertiary/aromatic N) is 2. The number of furan rings is 1. The van der Waals surface area contributed by atoms with Crippen LogP contribution in [0, 0.1) is 6.92 Å². The number of nitrogens with one attached hydrogen (secondary N) is 1. The summed E-state index contributed by atoms with van der Waals surface area (Å²) in [5.41, 5.74) is 1.99. The molecule has 0 aliphatic heterocycles. The second kappa shape index (κ2) is 5.45. The van der Waals surface area contributed by atoms with Crippen LogP contribution in [0.5, 0.6) is 6.01 Å². The summed E-state index contributed by atoms with van der Waals surface area (Å²) in [6.45, 7) is 3.04. The van der Waals surface area contributed by atoms with Gasteiger partial charge in [0.05, 0.1) is 6.26 Å². The second-order valence-electron chi connectivity index (χ2n) is 3.66. The first kappa shape index (κ1) is 11.6. The molecule has 17 heavy (non-hydrogen) atoms. The van der Waals surface area contributed by atoms with E-state index >= 15 is 0 Å². The Morgan fingerprint density at radius 3 is 3.00 bits per heavy atom. The molecule has 2 heterocycles. The van der Waals surface area contributed by atoms with Crippen molar-refractivity contribution in [2.75, 3.05) is 7.05 Å². The van der Waals surface area contributed by atoms with Crippen molar-refractivity contribution in [1.29, 1.82) is 0 Å². The lowest BCUT2D eigenvalue weighted by atomic mass is 10.2. The summed E-state index contributed by atoms with van der Waals surface area (Å²) >= 11 is 0. The minimum atomic E-state index is 0.345. The highest BCUT2D eigenvalue weighted by molar-refractivity contribution is 5.17. The lowest BCUT2D eigenvalue weighted by Crippen LogP contribution is -2.09. The van der Waals surface area contributed by atoms with Crippen LogP contribution in [0.3, 0.4) is 0 Å². The van der Waals surface area contributed by atoms with Crippen molar-refractivity contribution in [3.63, 3.8) is 0 Å². The molecule has 90 valence electrons. The van der Waals surface area contributed by atoms with Crippen LogP contribution in [-0.4, -0.2) is 17.0 Å². The van der Waals surface area contributed by atoms with Gasteiger partial charge in [-0.15, -0.1) is 0 Å². The summed E-state index contributed by atoms with van der Waals surface area (Å²) in [7, 11) is 1.89. The minimum Gasteiger partial charge on any atom is -0.466 e. The van der Waals surface area contributed by atoms with Crippen molar-refractivity contribution in [3.05, 3.63) is 41.6 Å². The summed E-state index contributed by atoms with van der Waals surface area (Å²) < 4.78 is 10.6. The number of hydrogen-bond donors (Lipinski definition) is 1. The highest BCUT2D eigenvalue weighted by Gasteiger charge is 2.04. The first-order valence-corrected chi connectivity index (χ1v) is 5.42.